The molecule has 0 aromatic heterocycles. The van der Waals surface area contributed by atoms with Crippen molar-refractivity contribution < 1.29 is 16.9 Å². The summed E-state index contributed by atoms with van der Waals surface area (Å²) in [5.74, 6) is 0. The zero-order valence-electron chi connectivity index (χ0n) is 39.5. The van der Waals surface area contributed by atoms with E-state index in [0.29, 0.717) is 0 Å². The highest BCUT2D eigenvalue weighted by Crippen LogP contribution is 2.18. The Labute approximate surface area is 358 Å². The van der Waals surface area contributed by atoms with E-state index in [0.717, 1.165) is 4.48 Å². The molecule has 55 heavy (non-hydrogen) atoms. The largest absolute Gasteiger partial charge is 1.00 e. The summed E-state index contributed by atoms with van der Waals surface area (Å²) in [6.07, 6.45) is 71.3. The molecular weight excluding hydrogens is 686 g/mol. The second kappa shape index (κ2) is 50.4. The van der Waals surface area contributed by atoms with Crippen LogP contribution in [-0.2, 0) is 0 Å². The molecule has 0 radical (unpaired) electrons. The van der Waals surface area contributed by atoms with Crippen LogP contribution in [0.15, 0.2) is 0 Å². The molecule has 2 heteroatoms. The number of hydrogen-bond donors (Lipinski definition) is 0. The second-order valence-electron chi connectivity index (χ2n) is 19.6. The van der Waals surface area contributed by atoms with Crippen molar-refractivity contribution in [3.05, 3.63) is 0 Å². The lowest BCUT2D eigenvalue weighted by Gasteiger charge is -2.23. The summed E-state index contributed by atoms with van der Waals surface area (Å²) in [6, 6.07) is 0. The van der Waals surface area contributed by atoms with Gasteiger partial charge in [-0.05, 0) is 12.8 Å². The van der Waals surface area contributed by atoms with E-state index in [2.05, 4.69) is 28.1 Å². The predicted molar refractivity (Wildman–Crippen MR) is 250 cm³/mol. The number of hydrogen-bond acceptors (Lipinski definition) is 0. The molecule has 334 valence electrons. The summed E-state index contributed by atoms with van der Waals surface area (Å²) in [6.45, 7) is 3.65. The highest BCUT2D eigenvalue weighted by molar-refractivity contribution is 4.54. The lowest BCUT2D eigenvalue weighted by atomic mass is 10.0. The van der Waals surface area contributed by atoms with Gasteiger partial charge in [0.25, 0.3) is 0 Å². The van der Waals surface area contributed by atoms with E-state index in [-0.39, 0.29) is 12.4 Å². The Morgan fingerprint density at radius 1 is 0.182 bits per heavy atom. The molecule has 1 nitrogen and oxygen atoms in total. The van der Waals surface area contributed by atoms with Gasteiger partial charge in [0, 0.05) is 0 Å². The Kier molecular flexibility index (Phi) is 52.5. The Bertz CT molecular complexity index is 641. The smallest absolute Gasteiger partial charge is 0.0780 e. The molecule has 0 aromatic carbocycles. The maximum Gasteiger partial charge on any atom is 0.0780 e. The van der Waals surface area contributed by atoms with Gasteiger partial charge in [-0.15, -0.1) is 0 Å². The molecule has 0 bridgehead atoms. The molecule has 0 amide bonds. The van der Waals surface area contributed by atoms with Crippen molar-refractivity contribution >= 4 is 0 Å². The molecule has 0 fully saturated rings. The average molecular weight is 797 g/mol. The van der Waals surface area contributed by atoms with Crippen molar-refractivity contribution in [1.82, 2.24) is 0 Å². The minimum atomic E-state index is 0. The van der Waals surface area contributed by atoms with E-state index >= 15 is 0 Å². The van der Waals surface area contributed by atoms with E-state index in [1.54, 1.807) is 0 Å². The minimum absolute atomic E-state index is 0. The fourth-order valence-corrected chi connectivity index (χ4v) is 8.79. The van der Waals surface area contributed by atoms with Crippen LogP contribution in [0.3, 0.4) is 0 Å². The minimum Gasteiger partial charge on any atom is -1.00 e. The van der Waals surface area contributed by atoms with E-state index in [1.807, 2.05) is 0 Å². The molecule has 0 unspecified atom stereocenters. The van der Waals surface area contributed by atoms with Crippen LogP contribution in [0.4, 0.5) is 0 Å². The summed E-state index contributed by atoms with van der Waals surface area (Å²) in [5, 5.41) is 0. The third-order valence-corrected chi connectivity index (χ3v) is 12.7. The predicted octanol–water partition coefficient (Wildman–Crippen LogP) is 16.4. The van der Waals surface area contributed by atoms with Crippen molar-refractivity contribution in [2.24, 2.45) is 0 Å². The molecule has 0 spiro atoms. The highest BCUT2D eigenvalue weighted by Gasteiger charge is 2.05. The molecule has 0 rings (SSSR count). The van der Waals surface area contributed by atoms with Gasteiger partial charge >= 0.3 is 0 Å². The first-order chi connectivity index (χ1) is 26.6. The van der Waals surface area contributed by atoms with Gasteiger partial charge in [-0.2, -0.15) is 0 Å². The molecule has 0 heterocycles. The quantitative estimate of drug-likeness (QED) is 0.0425. The summed E-state index contributed by atoms with van der Waals surface area (Å²) >= 11 is 0. The van der Waals surface area contributed by atoms with Gasteiger partial charge in [0.2, 0.25) is 0 Å². The van der Waals surface area contributed by atoms with Gasteiger partial charge < -0.3 is 16.9 Å². The Morgan fingerprint density at radius 3 is 0.400 bits per heavy atom. The third kappa shape index (κ3) is 56.4. The average Bonchev–Trinajstić information content (AvgIpc) is 3.15. The molecule has 0 saturated heterocycles. The molecule has 0 aliphatic carbocycles. The summed E-state index contributed by atoms with van der Waals surface area (Å²) in [5.41, 5.74) is 0. The second-order valence-corrected chi connectivity index (χ2v) is 19.6. The van der Waals surface area contributed by atoms with Crippen LogP contribution < -0.4 is 12.4 Å². The van der Waals surface area contributed by atoms with E-state index in [9.17, 15) is 0 Å². The maximum absolute atomic E-state index is 2.31. The highest BCUT2D eigenvalue weighted by atomic mass is 35.5. The zero-order chi connectivity index (χ0) is 39.1. The molecule has 0 aliphatic rings. The van der Waals surface area contributed by atoms with Crippen LogP contribution in [-0.4, -0.2) is 32.2 Å². The SMILES string of the molecule is CCCCCCCCCCCCCCCCCCCCCCCCCCCCCCCCCCCCCCCCCCCCCCCCCC[N+](C)(C)C.[Cl-]. The third-order valence-electron chi connectivity index (χ3n) is 12.7. The first kappa shape index (κ1) is 57.3. The normalized spacial score (nSPS) is 11.8. The molecule has 0 N–H and O–H groups in total. The fourth-order valence-electron chi connectivity index (χ4n) is 8.79. The van der Waals surface area contributed by atoms with Crippen LogP contribution in [0.25, 0.3) is 0 Å². The number of nitrogens with zero attached hydrogens (tertiary/aromatic N) is 1. The summed E-state index contributed by atoms with van der Waals surface area (Å²) in [7, 11) is 6.94. The first-order valence-electron chi connectivity index (χ1n) is 26.4. The van der Waals surface area contributed by atoms with Gasteiger partial charge in [0.15, 0.2) is 0 Å². The number of unbranched alkanes of at least 4 members (excludes halogenated alkanes) is 47. The van der Waals surface area contributed by atoms with Crippen LogP contribution >= 0.6 is 0 Å². The van der Waals surface area contributed by atoms with E-state index in [1.165, 1.54) is 315 Å². The van der Waals surface area contributed by atoms with Crippen molar-refractivity contribution in [3.63, 3.8) is 0 Å². The van der Waals surface area contributed by atoms with Crippen molar-refractivity contribution in [2.45, 2.75) is 315 Å². The van der Waals surface area contributed by atoms with Crippen molar-refractivity contribution in [3.8, 4) is 0 Å². The van der Waals surface area contributed by atoms with Crippen LogP contribution in [0.2, 0.25) is 0 Å². The monoisotopic (exact) mass is 796 g/mol. The van der Waals surface area contributed by atoms with E-state index in [4.69, 9.17) is 0 Å². The van der Waals surface area contributed by atoms with Crippen LogP contribution in [0.1, 0.15) is 315 Å². The van der Waals surface area contributed by atoms with Gasteiger partial charge in [0.1, 0.15) is 0 Å². The molecule has 0 atom stereocenters. The van der Waals surface area contributed by atoms with Crippen molar-refractivity contribution in [1.29, 1.82) is 0 Å². The molecule has 0 aliphatic heterocycles. The standard InChI is InChI=1S/C53H110N.ClH/c1-5-6-7-8-9-10-11-12-13-14-15-16-17-18-19-20-21-22-23-24-25-26-27-28-29-30-31-32-33-34-35-36-37-38-39-40-41-42-43-44-45-46-47-48-49-50-51-52-53-54(2,3)4;/h5-53H2,1-4H3;1H/q+1;/p-1. The Morgan fingerprint density at radius 2 is 0.291 bits per heavy atom. The zero-order valence-corrected chi connectivity index (χ0v) is 40.2. The van der Waals surface area contributed by atoms with E-state index < -0.39 is 0 Å². The Balaban J connectivity index is 0. The Hall–Kier alpha value is 0.250. The van der Waals surface area contributed by atoms with Gasteiger partial charge in [-0.25, -0.2) is 0 Å². The maximum atomic E-state index is 2.31. The van der Waals surface area contributed by atoms with Gasteiger partial charge in [0.05, 0.1) is 27.7 Å². The number of quaternary nitrogens is 1. The lowest BCUT2D eigenvalue weighted by Crippen LogP contribution is -3.00. The van der Waals surface area contributed by atoms with Crippen molar-refractivity contribution in [2.75, 3.05) is 27.7 Å². The van der Waals surface area contributed by atoms with Crippen LogP contribution in [0.5, 0.6) is 0 Å². The number of rotatable bonds is 49. The molecule has 0 aromatic rings. The summed E-state index contributed by atoms with van der Waals surface area (Å²) in [4.78, 5) is 0. The topological polar surface area (TPSA) is 0 Å². The molecular formula is C53H110ClN. The number of halogens is 1. The fraction of sp³-hybridized carbons (Fsp3) is 1.00. The molecule has 0 saturated carbocycles. The van der Waals surface area contributed by atoms with Crippen LogP contribution in [0, 0.1) is 0 Å². The lowest BCUT2D eigenvalue weighted by molar-refractivity contribution is -0.870. The van der Waals surface area contributed by atoms with Gasteiger partial charge in [-0.3, -0.25) is 0 Å². The first-order valence-corrected chi connectivity index (χ1v) is 26.4. The summed E-state index contributed by atoms with van der Waals surface area (Å²) < 4.78 is 1.12. The van der Waals surface area contributed by atoms with Gasteiger partial charge in [-0.1, -0.05) is 302 Å².